The summed E-state index contributed by atoms with van der Waals surface area (Å²) < 4.78 is 10.8. The molecule has 0 atom stereocenters. The maximum Gasteiger partial charge on any atom is 0.247 e. The second-order valence-electron chi connectivity index (χ2n) is 6.50. The summed E-state index contributed by atoms with van der Waals surface area (Å²) in [5.74, 6) is 1.53. The summed E-state index contributed by atoms with van der Waals surface area (Å²) in [4.78, 5) is 14.5. The summed E-state index contributed by atoms with van der Waals surface area (Å²) in [5.41, 5.74) is 2.72. The zero-order valence-corrected chi connectivity index (χ0v) is 17.0. The van der Waals surface area contributed by atoms with E-state index >= 15 is 0 Å². The molecule has 1 N–H and O–H groups in total. The third kappa shape index (κ3) is 5.34. The smallest absolute Gasteiger partial charge is 0.247 e. The van der Waals surface area contributed by atoms with Crippen LogP contribution in [0.5, 0.6) is 5.75 Å². The molecule has 0 saturated heterocycles. The van der Waals surface area contributed by atoms with E-state index in [0.29, 0.717) is 18.2 Å². The summed E-state index contributed by atoms with van der Waals surface area (Å²) in [6.07, 6.45) is 0.647. The molecule has 0 aliphatic carbocycles. The molecule has 0 radical (unpaired) electrons. The molecule has 0 fully saturated rings. The van der Waals surface area contributed by atoms with Gasteiger partial charge in [-0.05, 0) is 62.4 Å². The SMILES string of the molecule is CCN(CC)c1ccc(NC(=O)CCc2nnc(-c3ccc(OC)cc3)o2)cc1. The number of nitrogens with one attached hydrogen (secondary N) is 1. The summed E-state index contributed by atoms with van der Waals surface area (Å²) in [7, 11) is 1.62. The van der Waals surface area contributed by atoms with E-state index in [4.69, 9.17) is 9.15 Å². The predicted molar refractivity (Wildman–Crippen MR) is 113 cm³/mol. The number of aromatic nitrogens is 2. The number of amides is 1. The van der Waals surface area contributed by atoms with Gasteiger partial charge < -0.3 is 19.4 Å². The molecule has 1 aromatic heterocycles. The zero-order chi connectivity index (χ0) is 20.6. The van der Waals surface area contributed by atoms with Crippen molar-refractivity contribution in [3.63, 3.8) is 0 Å². The summed E-state index contributed by atoms with van der Waals surface area (Å²) in [5, 5.41) is 11.0. The molecule has 7 nitrogen and oxygen atoms in total. The van der Waals surface area contributed by atoms with Crippen LogP contribution in [-0.2, 0) is 11.2 Å². The standard InChI is InChI=1S/C22H26N4O3/c1-4-26(5-2)18-10-8-17(9-11-18)23-20(27)14-15-21-24-25-22(29-21)16-6-12-19(28-3)13-7-16/h6-13H,4-5,14-15H2,1-3H3,(H,23,27). The molecular weight excluding hydrogens is 368 g/mol. The minimum Gasteiger partial charge on any atom is -0.497 e. The summed E-state index contributed by atoms with van der Waals surface area (Å²) >= 11 is 0. The van der Waals surface area contributed by atoms with Gasteiger partial charge >= 0.3 is 0 Å². The minimum atomic E-state index is -0.0928. The van der Waals surface area contributed by atoms with Gasteiger partial charge in [0.1, 0.15) is 5.75 Å². The van der Waals surface area contributed by atoms with Gasteiger partial charge in [-0.25, -0.2) is 0 Å². The summed E-state index contributed by atoms with van der Waals surface area (Å²) in [6, 6.07) is 15.2. The zero-order valence-electron chi connectivity index (χ0n) is 17.0. The van der Waals surface area contributed by atoms with Crippen molar-refractivity contribution in [2.24, 2.45) is 0 Å². The lowest BCUT2D eigenvalue weighted by atomic mass is 10.2. The number of aryl methyl sites for hydroxylation is 1. The van der Waals surface area contributed by atoms with Crippen molar-refractivity contribution in [2.75, 3.05) is 30.4 Å². The van der Waals surface area contributed by atoms with Crippen LogP contribution in [0, 0.1) is 0 Å². The van der Waals surface area contributed by atoms with Crippen LogP contribution in [0.3, 0.4) is 0 Å². The quantitative estimate of drug-likeness (QED) is 0.587. The number of rotatable bonds is 9. The van der Waals surface area contributed by atoms with E-state index in [1.165, 1.54) is 0 Å². The van der Waals surface area contributed by atoms with Crippen LogP contribution in [0.4, 0.5) is 11.4 Å². The molecule has 29 heavy (non-hydrogen) atoms. The molecule has 0 unspecified atom stereocenters. The molecule has 0 aliphatic rings. The van der Waals surface area contributed by atoms with Gasteiger partial charge in [0.15, 0.2) is 0 Å². The lowest BCUT2D eigenvalue weighted by molar-refractivity contribution is -0.116. The average Bonchev–Trinajstić information content (AvgIpc) is 3.23. The number of carbonyl (C=O) groups excluding carboxylic acids is 1. The maximum atomic E-state index is 12.2. The normalized spacial score (nSPS) is 10.6. The largest absolute Gasteiger partial charge is 0.497 e. The molecule has 0 saturated carbocycles. The predicted octanol–water partition coefficient (Wildman–Crippen LogP) is 4.16. The van der Waals surface area contributed by atoms with Crippen LogP contribution < -0.4 is 15.0 Å². The van der Waals surface area contributed by atoms with Gasteiger partial charge in [0.25, 0.3) is 0 Å². The number of methoxy groups -OCH3 is 1. The number of ether oxygens (including phenoxy) is 1. The van der Waals surface area contributed by atoms with Gasteiger partial charge in [0.05, 0.1) is 7.11 Å². The van der Waals surface area contributed by atoms with E-state index in [1.54, 1.807) is 7.11 Å². The molecular formula is C22H26N4O3. The van der Waals surface area contributed by atoms with Crippen molar-refractivity contribution < 1.29 is 13.9 Å². The average molecular weight is 394 g/mol. The number of anilines is 2. The van der Waals surface area contributed by atoms with Gasteiger partial charge in [-0.15, -0.1) is 10.2 Å². The Kier molecular flexibility index (Phi) is 6.84. The first kappa shape index (κ1) is 20.4. The molecule has 7 heteroatoms. The van der Waals surface area contributed by atoms with Crippen molar-refractivity contribution in [2.45, 2.75) is 26.7 Å². The van der Waals surface area contributed by atoms with Crippen LogP contribution in [0.2, 0.25) is 0 Å². The van der Waals surface area contributed by atoms with Crippen molar-refractivity contribution in [3.05, 3.63) is 54.4 Å². The number of hydrogen-bond donors (Lipinski definition) is 1. The first-order valence-electron chi connectivity index (χ1n) is 9.74. The van der Waals surface area contributed by atoms with Gasteiger partial charge in [0.2, 0.25) is 17.7 Å². The molecule has 0 bridgehead atoms. The highest BCUT2D eigenvalue weighted by Crippen LogP contribution is 2.22. The Morgan fingerprint density at radius 2 is 1.72 bits per heavy atom. The van der Waals surface area contributed by atoms with Gasteiger partial charge in [0, 0.05) is 42.9 Å². The Balaban J connectivity index is 1.52. The highest BCUT2D eigenvalue weighted by atomic mass is 16.5. The third-order valence-electron chi connectivity index (χ3n) is 4.65. The second kappa shape index (κ2) is 9.73. The van der Waals surface area contributed by atoms with Crippen LogP contribution in [-0.4, -0.2) is 36.3 Å². The van der Waals surface area contributed by atoms with Crippen molar-refractivity contribution in [3.8, 4) is 17.2 Å². The Morgan fingerprint density at radius 1 is 1.03 bits per heavy atom. The number of carbonyl (C=O) groups is 1. The molecule has 3 aromatic rings. The number of hydrogen-bond acceptors (Lipinski definition) is 6. The van der Waals surface area contributed by atoms with Crippen molar-refractivity contribution in [1.29, 1.82) is 0 Å². The van der Waals surface area contributed by atoms with Crippen LogP contribution in [0.1, 0.15) is 26.2 Å². The first-order chi connectivity index (χ1) is 14.1. The van der Waals surface area contributed by atoms with Crippen LogP contribution in [0.15, 0.2) is 52.9 Å². The van der Waals surface area contributed by atoms with Crippen LogP contribution in [0.25, 0.3) is 11.5 Å². The van der Waals surface area contributed by atoms with E-state index in [9.17, 15) is 4.79 Å². The van der Waals surface area contributed by atoms with E-state index in [1.807, 2.05) is 48.5 Å². The highest BCUT2D eigenvalue weighted by Gasteiger charge is 2.11. The fourth-order valence-corrected chi connectivity index (χ4v) is 2.99. The fourth-order valence-electron chi connectivity index (χ4n) is 2.99. The minimum absolute atomic E-state index is 0.0928. The number of benzene rings is 2. The third-order valence-corrected chi connectivity index (χ3v) is 4.65. The lowest BCUT2D eigenvalue weighted by Gasteiger charge is -2.21. The Labute approximate surface area is 170 Å². The Hall–Kier alpha value is -3.35. The maximum absolute atomic E-state index is 12.2. The fraction of sp³-hybridized carbons (Fsp3) is 0.318. The van der Waals surface area contributed by atoms with E-state index in [-0.39, 0.29) is 12.3 Å². The van der Waals surface area contributed by atoms with Crippen LogP contribution >= 0.6 is 0 Å². The van der Waals surface area contributed by atoms with Crippen molar-refractivity contribution in [1.82, 2.24) is 10.2 Å². The molecule has 152 valence electrons. The van der Waals surface area contributed by atoms with E-state index < -0.39 is 0 Å². The highest BCUT2D eigenvalue weighted by molar-refractivity contribution is 5.90. The molecule has 1 amide bonds. The van der Waals surface area contributed by atoms with Gasteiger partial charge in [-0.2, -0.15) is 0 Å². The van der Waals surface area contributed by atoms with Gasteiger partial charge in [-0.3, -0.25) is 4.79 Å². The summed E-state index contributed by atoms with van der Waals surface area (Å²) in [6.45, 7) is 6.14. The molecule has 3 rings (SSSR count). The number of nitrogens with zero attached hydrogens (tertiary/aromatic N) is 3. The molecule has 0 aliphatic heterocycles. The van der Waals surface area contributed by atoms with Crippen molar-refractivity contribution >= 4 is 17.3 Å². The van der Waals surface area contributed by atoms with E-state index in [0.717, 1.165) is 35.8 Å². The molecule has 0 spiro atoms. The monoisotopic (exact) mass is 394 g/mol. The van der Waals surface area contributed by atoms with E-state index in [2.05, 4.69) is 34.3 Å². The topological polar surface area (TPSA) is 80.5 Å². The van der Waals surface area contributed by atoms with Gasteiger partial charge in [-0.1, -0.05) is 0 Å². The Morgan fingerprint density at radius 3 is 2.34 bits per heavy atom. The second-order valence-corrected chi connectivity index (χ2v) is 6.50. The molecule has 1 heterocycles. The lowest BCUT2D eigenvalue weighted by Crippen LogP contribution is -2.21. The Bertz CT molecular complexity index is 916. The molecule has 2 aromatic carbocycles. The first-order valence-corrected chi connectivity index (χ1v) is 9.74.